The highest BCUT2D eigenvalue weighted by molar-refractivity contribution is 7.89. The number of carbonyl (C=O) groups is 1. The van der Waals surface area contributed by atoms with Gasteiger partial charge in [0, 0.05) is 17.0 Å². The number of anilines is 1. The number of methoxy groups -OCH3 is 1. The Kier molecular flexibility index (Phi) is 4.57. The first-order chi connectivity index (χ1) is 11.4. The van der Waals surface area contributed by atoms with Crippen molar-refractivity contribution in [2.45, 2.75) is 30.7 Å². The van der Waals surface area contributed by atoms with E-state index in [1.807, 2.05) is 12.3 Å². The Labute approximate surface area is 144 Å². The maximum Gasteiger partial charge on any atom is 0.257 e. The largest absolute Gasteiger partial charge is 0.495 e. The van der Waals surface area contributed by atoms with Gasteiger partial charge >= 0.3 is 0 Å². The Hall–Kier alpha value is -1.97. The molecule has 2 aromatic rings. The average molecular weight is 367 g/mol. The molecule has 1 heterocycles. The molecule has 9 heteroatoms. The van der Waals surface area contributed by atoms with Crippen LogP contribution in [0.2, 0.25) is 0 Å². The van der Waals surface area contributed by atoms with Gasteiger partial charge in [0.2, 0.25) is 10.0 Å². The Morgan fingerprint density at radius 3 is 2.71 bits per heavy atom. The fourth-order valence-electron chi connectivity index (χ4n) is 2.09. The molecule has 1 aromatic carbocycles. The monoisotopic (exact) mass is 367 g/mol. The zero-order valence-corrected chi connectivity index (χ0v) is 14.8. The van der Waals surface area contributed by atoms with E-state index in [1.165, 1.54) is 36.6 Å². The van der Waals surface area contributed by atoms with Crippen molar-refractivity contribution in [3.8, 4) is 5.75 Å². The summed E-state index contributed by atoms with van der Waals surface area (Å²) in [5, 5.41) is 4.95. The highest BCUT2D eigenvalue weighted by atomic mass is 32.2. The van der Waals surface area contributed by atoms with Crippen LogP contribution in [0.1, 0.15) is 28.9 Å². The molecule has 0 aliphatic heterocycles. The van der Waals surface area contributed by atoms with Crippen LogP contribution in [0.15, 0.2) is 28.5 Å². The first kappa shape index (κ1) is 16.9. The predicted molar refractivity (Wildman–Crippen MR) is 91.1 cm³/mol. The molecule has 0 saturated heterocycles. The lowest BCUT2D eigenvalue weighted by molar-refractivity contribution is 0.102. The lowest BCUT2D eigenvalue weighted by atomic mass is 10.2. The molecule has 3 rings (SSSR count). The quantitative estimate of drug-likeness (QED) is 0.815. The van der Waals surface area contributed by atoms with Gasteiger partial charge in [-0.3, -0.25) is 10.1 Å². The zero-order chi connectivity index (χ0) is 17.3. The molecule has 2 N–H and O–H groups in total. The van der Waals surface area contributed by atoms with Crippen LogP contribution in [0.3, 0.4) is 0 Å². The van der Waals surface area contributed by atoms with Crippen LogP contribution in [-0.4, -0.2) is 32.5 Å². The molecule has 1 aromatic heterocycles. The summed E-state index contributed by atoms with van der Waals surface area (Å²) in [6.07, 6.45) is 1.65. The summed E-state index contributed by atoms with van der Waals surface area (Å²) in [6, 6.07) is 4.28. The number of nitrogens with one attached hydrogen (secondary N) is 2. The van der Waals surface area contributed by atoms with Crippen LogP contribution in [0, 0.1) is 6.92 Å². The minimum Gasteiger partial charge on any atom is -0.495 e. The Bertz CT molecular complexity index is 873. The van der Waals surface area contributed by atoms with Gasteiger partial charge in [-0.1, -0.05) is 0 Å². The van der Waals surface area contributed by atoms with E-state index >= 15 is 0 Å². The van der Waals surface area contributed by atoms with Crippen molar-refractivity contribution >= 4 is 32.4 Å². The number of benzene rings is 1. The molecule has 1 aliphatic rings. The number of ether oxygens (including phenoxy) is 1. The SMILES string of the molecule is COc1ccc(C(=O)Nc2nc(C)cs2)cc1S(=O)(=O)NC1CC1. The highest BCUT2D eigenvalue weighted by Crippen LogP contribution is 2.28. The van der Waals surface area contributed by atoms with E-state index in [0.29, 0.717) is 5.13 Å². The highest BCUT2D eigenvalue weighted by Gasteiger charge is 2.30. The van der Waals surface area contributed by atoms with Crippen LogP contribution in [0.4, 0.5) is 5.13 Å². The number of amides is 1. The van der Waals surface area contributed by atoms with Gasteiger partial charge in [0.15, 0.2) is 5.13 Å². The van der Waals surface area contributed by atoms with Gasteiger partial charge in [-0.05, 0) is 38.0 Å². The third-order valence-corrected chi connectivity index (χ3v) is 5.87. The van der Waals surface area contributed by atoms with Crippen LogP contribution >= 0.6 is 11.3 Å². The van der Waals surface area contributed by atoms with Gasteiger partial charge in [-0.15, -0.1) is 11.3 Å². The molecule has 1 fully saturated rings. The van der Waals surface area contributed by atoms with Gasteiger partial charge in [-0.25, -0.2) is 18.1 Å². The van der Waals surface area contributed by atoms with Crippen LogP contribution in [0.5, 0.6) is 5.75 Å². The molecular weight excluding hydrogens is 350 g/mol. The number of nitrogens with zero attached hydrogens (tertiary/aromatic N) is 1. The molecule has 0 atom stereocenters. The summed E-state index contributed by atoms with van der Waals surface area (Å²) in [6.45, 7) is 1.83. The number of carbonyl (C=O) groups excluding carboxylic acids is 1. The standard InChI is InChI=1S/C15H17N3O4S2/c1-9-8-23-15(16-9)17-14(19)10-3-6-12(22-2)13(7-10)24(20,21)18-11-4-5-11/h3,6-8,11,18H,4-5H2,1-2H3,(H,16,17,19). The summed E-state index contributed by atoms with van der Waals surface area (Å²) in [5.41, 5.74) is 1.03. The van der Waals surface area contributed by atoms with Crippen molar-refractivity contribution in [2.24, 2.45) is 0 Å². The van der Waals surface area contributed by atoms with Gasteiger partial charge in [-0.2, -0.15) is 0 Å². The van der Waals surface area contributed by atoms with E-state index in [9.17, 15) is 13.2 Å². The lowest BCUT2D eigenvalue weighted by Gasteiger charge is -2.12. The first-order valence-electron chi connectivity index (χ1n) is 7.33. The molecule has 24 heavy (non-hydrogen) atoms. The summed E-state index contributed by atoms with van der Waals surface area (Å²) < 4.78 is 32.7. The van der Waals surface area contributed by atoms with Crippen LogP contribution in [0.25, 0.3) is 0 Å². The van der Waals surface area contributed by atoms with E-state index in [2.05, 4.69) is 15.0 Å². The molecule has 1 saturated carbocycles. The van der Waals surface area contributed by atoms with Crippen molar-refractivity contribution in [3.63, 3.8) is 0 Å². The molecule has 7 nitrogen and oxygen atoms in total. The van der Waals surface area contributed by atoms with Crippen molar-refractivity contribution < 1.29 is 17.9 Å². The summed E-state index contributed by atoms with van der Waals surface area (Å²) in [5.74, 6) is -0.223. The van der Waals surface area contributed by atoms with Gasteiger partial charge in [0.05, 0.1) is 12.8 Å². The Morgan fingerprint density at radius 2 is 2.12 bits per heavy atom. The number of hydrogen-bond donors (Lipinski definition) is 2. The van der Waals surface area contributed by atoms with E-state index in [0.717, 1.165) is 18.5 Å². The molecule has 1 amide bonds. The average Bonchev–Trinajstić information content (AvgIpc) is 3.25. The van der Waals surface area contributed by atoms with Crippen molar-refractivity contribution in [1.29, 1.82) is 0 Å². The van der Waals surface area contributed by atoms with Crippen LogP contribution < -0.4 is 14.8 Å². The van der Waals surface area contributed by atoms with Gasteiger partial charge in [0.1, 0.15) is 10.6 Å². The van der Waals surface area contributed by atoms with Gasteiger partial charge in [0.25, 0.3) is 5.91 Å². The van der Waals surface area contributed by atoms with Gasteiger partial charge < -0.3 is 4.74 Å². The summed E-state index contributed by atoms with van der Waals surface area (Å²) in [7, 11) is -2.34. The molecular formula is C15H17N3O4S2. The number of aromatic nitrogens is 1. The number of hydrogen-bond acceptors (Lipinski definition) is 6. The van der Waals surface area contributed by atoms with Crippen molar-refractivity contribution in [1.82, 2.24) is 9.71 Å². The summed E-state index contributed by atoms with van der Waals surface area (Å²) >= 11 is 1.31. The normalized spacial score (nSPS) is 14.4. The zero-order valence-electron chi connectivity index (χ0n) is 13.2. The second-order valence-corrected chi connectivity index (χ2v) is 8.05. The minimum absolute atomic E-state index is 0.0320. The number of aryl methyl sites for hydroxylation is 1. The molecule has 0 spiro atoms. The first-order valence-corrected chi connectivity index (χ1v) is 9.69. The molecule has 0 unspecified atom stereocenters. The van der Waals surface area contributed by atoms with Crippen molar-refractivity contribution in [3.05, 3.63) is 34.8 Å². The lowest BCUT2D eigenvalue weighted by Crippen LogP contribution is -2.26. The number of sulfonamides is 1. The Morgan fingerprint density at radius 1 is 1.38 bits per heavy atom. The third-order valence-electron chi connectivity index (χ3n) is 3.45. The molecule has 0 bridgehead atoms. The van der Waals surface area contributed by atoms with E-state index in [1.54, 1.807) is 0 Å². The smallest absolute Gasteiger partial charge is 0.257 e. The van der Waals surface area contributed by atoms with E-state index in [-0.39, 0.29) is 22.3 Å². The van der Waals surface area contributed by atoms with E-state index < -0.39 is 15.9 Å². The maximum absolute atomic E-state index is 12.5. The fraction of sp³-hybridized carbons (Fsp3) is 0.333. The fourth-order valence-corrected chi connectivity index (χ4v) is 4.28. The second-order valence-electron chi connectivity index (χ2n) is 5.51. The Balaban J connectivity index is 1.89. The second kappa shape index (κ2) is 6.50. The predicted octanol–water partition coefficient (Wildman–Crippen LogP) is 2.15. The summed E-state index contributed by atoms with van der Waals surface area (Å²) in [4.78, 5) is 16.5. The molecule has 128 valence electrons. The number of rotatable bonds is 6. The van der Waals surface area contributed by atoms with Crippen molar-refractivity contribution in [2.75, 3.05) is 12.4 Å². The minimum atomic E-state index is -3.73. The topological polar surface area (TPSA) is 97.4 Å². The number of thiazole rings is 1. The third kappa shape index (κ3) is 3.74. The van der Waals surface area contributed by atoms with E-state index in [4.69, 9.17) is 4.74 Å². The molecule has 1 aliphatic carbocycles. The molecule has 0 radical (unpaired) electrons. The maximum atomic E-state index is 12.5. The van der Waals surface area contributed by atoms with Crippen LogP contribution in [-0.2, 0) is 10.0 Å².